The number of hydrogen-bond donors (Lipinski definition) is 1. The molecular weight excluding hydrogens is 372 g/mol. The molecule has 6 nitrogen and oxygen atoms in total. The van der Waals surface area contributed by atoms with E-state index in [2.05, 4.69) is 20.4 Å². The molecule has 1 amide bonds. The second-order valence-electron chi connectivity index (χ2n) is 5.92. The third-order valence-electron chi connectivity index (χ3n) is 3.97. The van der Waals surface area contributed by atoms with Crippen molar-refractivity contribution in [2.75, 3.05) is 5.32 Å². The fraction of sp³-hybridized carbons (Fsp3) is 0.0476. The second-order valence-corrected chi connectivity index (χ2v) is 6.90. The van der Waals surface area contributed by atoms with Crippen LogP contribution in [0.4, 0.5) is 5.69 Å². The summed E-state index contributed by atoms with van der Waals surface area (Å²) in [5, 5.41) is 8.90. The van der Waals surface area contributed by atoms with Gasteiger partial charge in [0.15, 0.2) is 0 Å². The van der Waals surface area contributed by atoms with E-state index in [0.29, 0.717) is 23.8 Å². The lowest BCUT2D eigenvalue weighted by Crippen LogP contribution is -2.10. The van der Waals surface area contributed by atoms with Crippen LogP contribution in [0.2, 0.25) is 0 Å². The molecule has 0 saturated heterocycles. The number of amides is 1. The van der Waals surface area contributed by atoms with Gasteiger partial charge in [-0.15, -0.1) is 11.3 Å². The Hall–Kier alpha value is -3.58. The predicted molar refractivity (Wildman–Crippen MR) is 109 cm³/mol. The molecule has 28 heavy (non-hydrogen) atoms. The van der Waals surface area contributed by atoms with Crippen molar-refractivity contribution in [3.05, 3.63) is 88.7 Å². The number of benzene rings is 1. The molecule has 4 aromatic rings. The maximum atomic E-state index is 12.3. The molecule has 0 atom stereocenters. The average Bonchev–Trinajstić information content (AvgIpc) is 3.41. The second kappa shape index (κ2) is 8.41. The van der Waals surface area contributed by atoms with E-state index in [1.165, 1.54) is 6.08 Å². The van der Waals surface area contributed by atoms with Crippen molar-refractivity contribution in [2.24, 2.45) is 0 Å². The van der Waals surface area contributed by atoms with Gasteiger partial charge in [0.2, 0.25) is 17.6 Å². The Morgan fingerprint density at radius 2 is 1.96 bits per heavy atom. The molecule has 0 aliphatic rings. The largest absolute Gasteiger partial charge is 0.339 e. The molecule has 4 rings (SSSR count). The van der Waals surface area contributed by atoms with E-state index >= 15 is 0 Å². The average molecular weight is 388 g/mol. The van der Waals surface area contributed by atoms with Crippen molar-refractivity contribution in [2.45, 2.75) is 6.42 Å². The van der Waals surface area contributed by atoms with Crippen LogP contribution in [0.3, 0.4) is 0 Å². The maximum Gasteiger partial charge on any atom is 0.248 e. The van der Waals surface area contributed by atoms with Gasteiger partial charge in [0, 0.05) is 34.6 Å². The smallest absolute Gasteiger partial charge is 0.248 e. The van der Waals surface area contributed by atoms with Gasteiger partial charge < -0.3 is 9.84 Å². The van der Waals surface area contributed by atoms with Crippen LogP contribution in [-0.4, -0.2) is 21.0 Å². The first-order valence-electron chi connectivity index (χ1n) is 8.61. The number of carbonyl (C=O) groups excluding carboxylic acids is 1. The number of rotatable bonds is 6. The molecule has 0 radical (unpaired) electrons. The highest BCUT2D eigenvalue weighted by atomic mass is 32.1. The van der Waals surface area contributed by atoms with Gasteiger partial charge in [0.25, 0.3) is 0 Å². The Morgan fingerprint density at radius 3 is 2.79 bits per heavy atom. The Bertz CT molecular complexity index is 1090. The van der Waals surface area contributed by atoms with Gasteiger partial charge in [-0.3, -0.25) is 9.78 Å². The van der Waals surface area contributed by atoms with E-state index in [0.717, 1.165) is 16.0 Å². The first kappa shape index (κ1) is 17.8. The number of aromatic nitrogens is 3. The van der Waals surface area contributed by atoms with E-state index in [1.54, 1.807) is 29.8 Å². The van der Waals surface area contributed by atoms with Crippen molar-refractivity contribution >= 4 is 29.0 Å². The van der Waals surface area contributed by atoms with Crippen molar-refractivity contribution < 1.29 is 9.32 Å². The van der Waals surface area contributed by atoms with Gasteiger partial charge in [-0.2, -0.15) is 4.98 Å². The SMILES string of the molecule is O=C(/C=C/c1cccs1)Nc1ccccc1Cc1nc(-c2ccncc2)no1. The van der Waals surface area contributed by atoms with E-state index < -0.39 is 0 Å². The van der Waals surface area contributed by atoms with Gasteiger partial charge in [0.1, 0.15) is 0 Å². The topological polar surface area (TPSA) is 80.9 Å². The molecule has 0 aliphatic heterocycles. The Morgan fingerprint density at radius 1 is 1.11 bits per heavy atom. The first-order valence-corrected chi connectivity index (χ1v) is 9.49. The standard InChI is InChI=1S/C21H16N4O2S/c26-19(8-7-17-5-3-13-28-17)23-18-6-2-1-4-16(18)14-20-24-21(25-27-20)15-9-11-22-12-10-15/h1-13H,14H2,(H,23,26)/b8-7+. The summed E-state index contributed by atoms with van der Waals surface area (Å²) >= 11 is 1.58. The number of carbonyl (C=O) groups is 1. The maximum absolute atomic E-state index is 12.3. The van der Waals surface area contributed by atoms with Crippen LogP contribution in [-0.2, 0) is 11.2 Å². The molecule has 3 heterocycles. The van der Waals surface area contributed by atoms with Gasteiger partial charge in [-0.25, -0.2) is 0 Å². The third kappa shape index (κ3) is 4.39. The molecular formula is C21H16N4O2S. The fourth-order valence-corrected chi connectivity index (χ4v) is 3.24. The Balaban J connectivity index is 1.47. The molecule has 0 bridgehead atoms. The van der Waals surface area contributed by atoms with E-state index in [-0.39, 0.29) is 5.91 Å². The molecule has 138 valence electrons. The predicted octanol–water partition coefficient (Wildman–Crippen LogP) is 4.44. The summed E-state index contributed by atoms with van der Waals surface area (Å²) in [5.74, 6) is 0.796. The monoisotopic (exact) mass is 388 g/mol. The Labute approximate surface area is 165 Å². The highest BCUT2D eigenvalue weighted by Gasteiger charge is 2.12. The van der Waals surface area contributed by atoms with Crippen LogP contribution in [0.25, 0.3) is 17.5 Å². The van der Waals surface area contributed by atoms with Gasteiger partial charge in [-0.1, -0.05) is 29.4 Å². The van der Waals surface area contributed by atoms with Crippen molar-refractivity contribution in [1.82, 2.24) is 15.1 Å². The number of para-hydroxylation sites is 1. The quantitative estimate of drug-likeness (QED) is 0.494. The molecule has 1 aromatic carbocycles. The van der Waals surface area contributed by atoms with Crippen molar-refractivity contribution in [3.63, 3.8) is 0 Å². The van der Waals surface area contributed by atoms with Crippen LogP contribution >= 0.6 is 11.3 Å². The van der Waals surface area contributed by atoms with Crippen LogP contribution < -0.4 is 5.32 Å². The number of hydrogen-bond acceptors (Lipinski definition) is 6. The zero-order valence-corrected chi connectivity index (χ0v) is 15.6. The molecule has 1 N–H and O–H groups in total. The van der Waals surface area contributed by atoms with Crippen LogP contribution in [0, 0.1) is 0 Å². The van der Waals surface area contributed by atoms with Crippen LogP contribution in [0.15, 0.2) is 76.9 Å². The number of nitrogens with one attached hydrogen (secondary N) is 1. The summed E-state index contributed by atoms with van der Waals surface area (Å²) < 4.78 is 5.37. The van der Waals surface area contributed by atoms with E-state index in [4.69, 9.17) is 4.52 Å². The lowest BCUT2D eigenvalue weighted by molar-refractivity contribution is -0.111. The summed E-state index contributed by atoms with van der Waals surface area (Å²) in [4.78, 5) is 21.7. The van der Waals surface area contributed by atoms with Gasteiger partial charge in [-0.05, 0) is 41.3 Å². The minimum Gasteiger partial charge on any atom is -0.339 e. The van der Waals surface area contributed by atoms with Gasteiger partial charge in [0.05, 0.1) is 6.42 Å². The van der Waals surface area contributed by atoms with E-state index in [9.17, 15) is 4.79 Å². The number of pyridine rings is 1. The summed E-state index contributed by atoms with van der Waals surface area (Å²) in [5.41, 5.74) is 2.45. The normalized spacial score (nSPS) is 11.0. The fourth-order valence-electron chi connectivity index (χ4n) is 2.62. The number of thiophene rings is 1. The van der Waals surface area contributed by atoms with Gasteiger partial charge >= 0.3 is 0 Å². The third-order valence-corrected chi connectivity index (χ3v) is 4.80. The molecule has 0 aliphatic carbocycles. The number of nitrogens with zero attached hydrogens (tertiary/aromatic N) is 3. The highest BCUT2D eigenvalue weighted by molar-refractivity contribution is 7.10. The summed E-state index contributed by atoms with van der Waals surface area (Å²) in [6.07, 6.45) is 7.10. The first-order chi connectivity index (χ1) is 13.8. The lowest BCUT2D eigenvalue weighted by atomic mass is 10.1. The lowest BCUT2D eigenvalue weighted by Gasteiger charge is -2.07. The van der Waals surface area contributed by atoms with Crippen molar-refractivity contribution in [1.29, 1.82) is 0 Å². The Kier molecular flexibility index (Phi) is 5.35. The zero-order valence-electron chi connectivity index (χ0n) is 14.8. The molecule has 0 saturated carbocycles. The molecule has 0 fully saturated rings. The van der Waals surface area contributed by atoms with Crippen LogP contribution in [0.1, 0.15) is 16.3 Å². The van der Waals surface area contributed by atoms with Crippen molar-refractivity contribution in [3.8, 4) is 11.4 Å². The molecule has 3 aromatic heterocycles. The zero-order chi connectivity index (χ0) is 19.2. The minimum atomic E-state index is -0.191. The van der Waals surface area contributed by atoms with Crippen LogP contribution in [0.5, 0.6) is 0 Å². The number of anilines is 1. The van der Waals surface area contributed by atoms with E-state index in [1.807, 2.05) is 53.9 Å². The molecule has 0 unspecified atom stereocenters. The molecule has 7 heteroatoms. The highest BCUT2D eigenvalue weighted by Crippen LogP contribution is 2.21. The minimum absolute atomic E-state index is 0.191. The summed E-state index contributed by atoms with van der Waals surface area (Å²) in [7, 11) is 0. The summed E-state index contributed by atoms with van der Waals surface area (Å²) in [6.45, 7) is 0. The summed E-state index contributed by atoms with van der Waals surface area (Å²) in [6, 6.07) is 15.1. The molecule has 0 spiro atoms.